The number of halogens is 1. The third kappa shape index (κ3) is 2.16. The number of ether oxygens (including phenoxy) is 1. The van der Waals surface area contributed by atoms with E-state index in [1.54, 1.807) is 19.1 Å². The van der Waals surface area contributed by atoms with Crippen LogP contribution in [0.5, 0.6) is 0 Å². The molecule has 5 heteroatoms. The van der Waals surface area contributed by atoms with Gasteiger partial charge >= 0.3 is 0 Å². The van der Waals surface area contributed by atoms with Gasteiger partial charge in [0.1, 0.15) is 23.2 Å². The summed E-state index contributed by atoms with van der Waals surface area (Å²) >= 11 is 0. The predicted molar refractivity (Wildman–Crippen MR) is 70.4 cm³/mol. The molecule has 0 spiro atoms. The van der Waals surface area contributed by atoms with Gasteiger partial charge < -0.3 is 10.5 Å². The first-order valence-corrected chi connectivity index (χ1v) is 6.01. The van der Waals surface area contributed by atoms with Crippen LogP contribution in [0.1, 0.15) is 25.3 Å². The van der Waals surface area contributed by atoms with Crippen molar-refractivity contribution in [3.63, 3.8) is 0 Å². The molecule has 20 heavy (non-hydrogen) atoms. The second-order valence-corrected chi connectivity index (χ2v) is 4.47. The maximum absolute atomic E-state index is 14.0. The SMILES string of the molecule is CC(=O)C1=C(C)OC(N)=C(C#N)C1c1ccccc1F. The van der Waals surface area contributed by atoms with Crippen molar-refractivity contribution in [2.75, 3.05) is 0 Å². The Morgan fingerprint density at radius 1 is 1.45 bits per heavy atom. The zero-order valence-electron chi connectivity index (χ0n) is 11.1. The lowest BCUT2D eigenvalue weighted by molar-refractivity contribution is -0.114. The Bertz CT molecular complexity index is 683. The number of ketones is 1. The van der Waals surface area contributed by atoms with E-state index in [9.17, 15) is 14.4 Å². The van der Waals surface area contributed by atoms with Crippen LogP contribution in [0, 0.1) is 17.1 Å². The molecular formula is C15H13FN2O2. The molecule has 0 amide bonds. The Kier molecular flexibility index (Phi) is 3.57. The number of benzene rings is 1. The number of nitrogens with zero attached hydrogens (tertiary/aromatic N) is 1. The van der Waals surface area contributed by atoms with Crippen LogP contribution in [0.2, 0.25) is 0 Å². The van der Waals surface area contributed by atoms with Crippen LogP contribution in [-0.2, 0) is 9.53 Å². The van der Waals surface area contributed by atoms with Gasteiger partial charge in [0.25, 0.3) is 0 Å². The summed E-state index contributed by atoms with van der Waals surface area (Å²) in [5.41, 5.74) is 6.22. The molecule has 1 atom stereocenters. The summed E-state index contributed by atoms with van der Waals surface area (Å²) in [7, 11) is 0. The molecule has 1 unspecified atom stereocenters. The van der Waals surface area contributed by atoms with E-state index in [0.29, 0.717) is 5.76 Å². The summed E-state index contributed by atoms with van der Waals surface area (Å²) in [6.45, 7) is 2.93. The van der Waals surface area contributed by atoms with Gasteiger partial charge in [-0.05, 0) is 19.9 Å². The van der Waals surface area contributed by atoms with Crippen molar-refractivity contribution >= 4 is 5.78 Å². The largest absolute Gasteiger partial charge is 0.445 e. The molecule has 4 nitrogen and oxygen atoms in total. The number of hydrogen-bond acceptors (Lipinski definition) is 4. The van der Waals surface area contributed by atoms with E-state index < -0.39 is 11.7 Å². The number of allylic oxidation sites excluding steroid dienone is 3. The summed E-state index contributed by atoms with van der Waals surface area (Å²) in [6, 6.07) is 7.91. The summed E-state index contributed by atoms with van der Waals surface area (Å²) in [4.78, 5) is 11.8. The Morgan fingerprint density at radius 2 is 2.10 bits per heavy atom. The van der Waals surface area contributed by atoms with Gasteiger partial charge in [0.15, 0.2) is 5.78 Å². The molecule has 0 radical (unpaired) electrons. The van der Waals surface area contributed by atoms with E-state index >= 15 is 0 Å². The van der Waals surface area contributed by atoms with Gasteiger partial charge in [-0.3, -0.25) is 4.79 Å². The molecule has 2 rings (SSSR count). The third-order valence-electron chi connectivity index (χ3n) is 3.20. The Hall–Kier alpha value is -2.61. The van der Waals surface area contributed by atoms with Crippen molar-refractivity contribution < 1.29 is 13.9 Å². The maximum atomic E-state index is 14.0. The summed E-state index contributed by atoms with van der Waals surface area (Å²) < 4.78 is 19.3. The molecule has 0 bridgehead atoms. The van der Waals surface area contributed by atoms with E-state index in [1.165, 1.54) is 19.1 Å². The molecule has 102 valence electrons. The van der Waals surface area contributed by atoms with Crippen molar-refractivity contribution in [2.45, 2.75) is 19.8 Å². The van der Waals surface area contributed by atoms with Crippen LogP contribution in [0.15, 0.2) is 47.1 Å². The number of nitriles is 1. The number of Topliss-reactive ketones (excluding diaryl/α,β-unsaturated/α-hetero) is 1. The topological polar surface area (TPSA) is 76.1 Å². The molecule has 0 aromatic heterocycles. The highest BCUT2D eigenvalue weighted by Gasteiger charge is 2.35. The lowest BCUT2D eigenvalue weighted by Gasteiger charge is -2.26. The minimum Gasteiger partial charge on any atom is -0.445 e. The quantitative estimate of drug-likeness (QED) is 0.897. The highest BCUT2D eigenvalue weighted by molar-refractivity contribution is 5.96. The Labute approximate surface area is 116 Å². The summed E-state index contributed by atoms with van der Waals surface area (Å²) in [5, 5.41) is 9.25. The van der Waals surface area contributed by atoms with Gasteiger partial charge in [-0.1, -0.05) is 18.2 Å². The monoisotopic (exact) mass is 272 g/mol. The van der Waals surface area contributed by atoms with E-state index in [4.69, 9.17) is 10.5 Å². The molecular weight excluding hydrogens is 259 g/mol. The standard InChI is InChI=1S/C15H13FN2O2/c1-8(19)13-9(2)20-15(18)11(7-17)14(13)10-5-3-4-6-12(10)16/h3-6,14H,18H2,1-2H3. The number of nitrogens with two attached hydrogens (primary N) is 1. The highest BCUT2D eigenvalue weighted by Crippen LogP contribution is 2.40. The smallest absolute Gasteiger partial charge is 0.205 e. The van der Waals surface area contributed by atoms with Gasteiger partial charge in [-0.25, -0.2) is 4.39 Å². The molecule has 1 aliphatic rings. The van der Waals surface area contributed by atoms with Crippen molar-refractivity contribution in [3.05, 3.63) is 58.4 Å². The second kappa shape index (κ2) is 5.17. The third-order valence-corrected chi connectivity index (χ3v) is 3.20. The second-order valence-electron chi connectivity index (χ2n) is 4.47. The minimum atomic E-state index is -0.826. The van der Waals surface area contributed by atoms with Gasteiger partial charge in [-0.2, -0.15) is 5.26 Å². The van der Waals surface area contributed by atoms with Crippen LogP contribution in [-0.4, -0.2) is 5.78 Å². The number of carbonyl (C=O) groups excluding carboxylic acids is 1. The molecule has 0 fully saturated rings. The minimum absolute atomic E-state index is 0.0471. The van der Waals surface area contributed by atoms with Gasteiger partial charge in [0, 0.05) is 11.1 Å². The fraction of sp³-hybridized carbons (Fsp3) is 0.200. The molecule has 1 heterocycles. The predicted octanol–water partition coefficient (Wildman–Crippen LogP) is 2.50. The highest BCUT2D eigenvalue weighted by atomic mass is 19.1. The van der Waals surface area contributed by atoms with E-state index in [-0.39, 0.29) is 28.4 Å². The first-order valence-electron chi connectivity index (χ1n) is 6.01. The lowest BCUT2D eigenvalue weighted by atomic mass is 9.81. The maximum Gasteiger partial charge on any atom is 0.205 e. The first-order chi connectivity index (χ1) is 9.47. The fourth-order valence-electron chi connectivity index (χ4n) is 2.36. The number of hydrogen-bond donors (Lipinski definition) is 1. The average molecular weight is 272 g/mol. The average Bonchev–Trinajstić information content (AvgIpc) is 2.38. The van der Waals surface area contributed by atoms with Crippen LogP contribution < -0.4 is 5.73 Å². The molecule has 2 N–H and O–H groups in total. The van der Waals surface area contributed by atoms with Gasteiger partial charge in [0.2, 0.25) is 5.88 Å². The molecule has 1 aliphatic heterocycles. The Morgan fingerprint density at radius 3 is 2.65 bits per heavy atom. The van der Waals surface area contributed by atoms with Crippen molar-refractivity contribution in [1.82, 2.24) is 0 Å². The van der Waals surface area contributed by atoms with Gasteiger partial charge in [-0.15, -0.1) is 0 Å². The number of carbonyl (C=O) groups is 1. The van der Waals surface area contributed by atoms with E-state index in [2.05, 4.69) is 0 Å². The van der Waals surface area contributed by atoms with Crippen molar-refractivity contribution in [3.8, 4) is 6.07 Å². The molecule has 0 saturated heterocycles. The number of rotatable bonds is 2. The van der Waals surface area contributed by atoms with Crippen molar-refractivity contribution in [1.29, 1.82) is 5.26 Å². The van der Waals surface area contributed by atoms with E-state index in [1.807, 2.05) is 6.07 Å². The van der Waals surface area contributed by atoms with Crippen LogP contribution in [0.3, 0.4) is 0 Å². The molecule has 0 aliphatic carbocycles. The fourth-order valence-corrected chi connectivity index (χ4v) is 2.36. The molecule has 0 saturated carbocycles. The summed E-state index contributed by atoms with van der Waals surface area (Å²) in [5.74, 6) is -1.40. The van der Waals surface area contributed by atoms with Crippen LogP contribution in [0.25, 0.3) is 0 Å². The summed E-state index contributed by atoms with van der Waals surface area (Å²) in [6.07, 6.45) is 0. The zero-order chi connectivity index (χ0) is 14.9. The van der Waals surface area contributed by atoms with Crippen LogP contribution >= 0.6 is 0 Å². The zero-order valence-corrected chi connectivity index (χ0v) is 11.1. The van der Waals surface area contributed by atoms with Gasteiger partial charge in [0.05, 0.1) is 5.92 Å². The molecule has 1 aromatic rings. The first kappa shape index (κ1) is 13.8. The van der Waals surface area contributed by atoms with E-state index in [0.717, 1.165) is 0 Å². The van der Waals surface area contributed by atoms with Crippen molar-refractivity contribution in [2.24, 2.45) is 5.73 Å². The Balaban J connectivity index is 2.71. The lowest BCUT2D eigenvalue weighted by Crippen LogP contribution is -2.23. The van der Waals surface area contributed by atoms with Crippen LogP contribution in [0.4, 0.5) is 4.39 Å². The molecule has 1 aromatic carbocycles. The normalized spacial score (nSPS) is 18.6.